The summed E-state index contributed by atoms with van der Waals surface area (Å²) in [6, 6.07) is 1.79. The van der Waals surface area contributed by atoms with Crippen LogP contribution in [0.15, 0.2) is 12.3 Å². The van der Waals surface area contributed by atoms with Gasteiger partial charge in [-0.05, 0) is 71.8 Å². The standard InChI is InChI=1S/C27H36N6O3S/c1-12(14-5-6-14)29-26-30-13(2)19(25-32-21-18(37-25)9-10-28-20(21)15-7-8-15)24(33-26)31-17-11-16(27(3,4)36)22(34)23(17)35/h9-10,12,14-17,22-23,34-36H,5-8,11H2,1-4H3,(H2,29,30,31,33). The molecule has 0 spiro atoms. The van der Waals surface area contributed by atoms with Crippen molar-refractivity contribution in [2.75, 3.05) is 10.6 Å². The van der Waals surface area contributed by atoms with Crippen molar-refractivity contribution in [3.8, 4) is 10.6 Å². The Morgan fingerprint density at radius 1 is 1.08 bits per heavy atom. The Hall–Kier alpha value is -2.40. The highest BCUT2D eigenvalue weighted by Crippen LogP contribution is 2.45. The Balaban J connectivity index is 1.40. The molecule has 3 aliphatic rings. The van der Waals surface area contributed by atoms with Crippen molar-refractivity contribution in [3.63, 3.8) is 0 Å². The highest BCUT2D eigenvalue weighted by atomic mass is 32.1. The summed E-state index contributed by atoms with van der Waals surface area (Å²) < 4.78 is 1.08. The van der Waals surface area contributed by atoms with Crippen LogP contribution in [0.1, 0.15) is 70.2 Å². The molecule has 5 atom stereocenters. The molecule has 37 heavy (non-hydrogen) atoms. The van der Waals surface area contributed by atoms with E-state index in [-0.39, 0.29) is 6.04 Å². The van der Waals surface area contributed by atoms with Crippen molar-refractivity contribution >= 4 is 33.3 Å². The number of rotatable bonds is 8. The average molecular weight is 525 g/mol. The van der Waals surface area contributed by atoms with E-state index in [1.807, 2.05) is 19.2 Å². The van der Waals surface area contributed by atoms with Gasteiger partial charge in [0.25, 0.3) is 0 Å². The van der Waals surface area contributed by atoms with E-state index in [9.17, 15) is 15.3 Å². The van der Waals surface area contributed by atoms with Crippen LogP contribution in [0.3, 0.4) is 0 Å². The molecule has 3 fully saturated rings. The van der Waals surface area contributed by atoms with Crippen molar-refractivity contribution < 1.29 is 15.3 Å². The monoisotopic (exact) mass is 524 g/mol. The van der Waals surface area contributed by atoms with E-state index in [0.29, 0.717) is 30.0 Å². The van der Waals surface area contributed by atoms with E-state index in [1.165, 1.54) is 12.8 Å². The van der Waals surface area contributed by atoms with Gasteiger partial charge in [-0.3, -0.25) is 4.98 Å². The highest BCUT2D eigenvalue weighted by molar-refractivity contribution is 7.21. The quantitative estimate of drug-likeness (QED) is 0.298. The zero-order valence-corrected chi connectivity index (χ0v) is 22.6. The van der Waals surface area contributed by atoms with Crippen LogP contribution < -0.4 is 10.6 Å². The van der Waals surface area contributed by atoms with Crippen LogP contribution in [-0.2, 0) is 0 Å². The van der Waals surface area contributed by atoms with Crippen molar-refractivity contribution in [1.29, 1.82) is 0 Å². The fourth-order valence-corrected chi connectivity index (χ4v) is 6.68. The summed E-state index contributed by atoms with van der Waals surface area (Å²) in [5.41, 5.74) is 2.47. The molecule has 5 N–H and O–H groups in total. The number of aliphatic hydroxyl groups excluding tert-OH is 2. The van der Waals surface area contributed by atoms with Gasteiger partial charge in [0, 0.05) is 24.1 Å². The van der Waals surface area contributed by atoms with E-state index in [1.54, 1.807) is 25.2 Å². The van der Waals surface area contributed by atoms with Crippen LogP contribution in [-0.4, -0.2) is 65.1 Å². The van der Waals surface area contributed by atoms with Crippen LogP contribution in [0, 0.1) is 18.8 Å². The zero-order chi connectivity index (χ0) is 26.1. The number of hydrogen-bond acceptors (Lipinski definition) is 10. The topological polar surface area (TPSA) is 136 Å². The third-order valence-electron chi connectivity index (χ3n) is 8.20. The first-order valence-corrected chi connectivity index (χ1v) is 14.2. The molecule has 3 heterocycles. The minimum absolute atomic E-state index is 0.270. The molecule has 5 unspecified atom stereocenters. The largest absolute Gasteiger partial charge is 0.390 e. The van der Waals surface area contributed by atoms with E-state index >= 15 is 0 Å². The lowest BCUT2D eigenvalue weighted by Crippen LogP contribution is -2.40. The predicted octanol–water partition coefficient (Wildman–Crippen LogP) is 3.84. The number of aromatic nitrogens is 4. The number of fused-ring (bicyclic) bond motifs is 1. The van der Waals surface area contributed by atoms with Crippen LogP contribution in [0.5, 0.6) is 0 Å². The van der Waals surface area contributed by atoms with Gasteiger partial charge in [-0.2, -0.15) is 4.98 Å². The van der Waals surface area contributed by atoms with Gasteiger partial charge in [-0.25, -0.2) is 9.97 Å². The highest BCUT2D eigenvalue weighted by Gasteiger charge is 2.48. The molecule has 0 aliphatic heterocycles. The molecule has 3 aromatic heterocycles. The van der Waals surface area contributed by atoms with Gasteiger partial charge in [0.1, 0.15) is 22.4 Å². The van der Waals surface area contributed by atoms with E-state index in [4.69, 9.17) is 15.0 Å². The van der Waals surface area contributed by atoms with Crippen LogP contribution in [0.25, 0.3) is 20.8 Å². The number of thiazole rings is 1. The molecule has 0 bridgehead atoms. The minimum atomic E-state index is -1.12. The molecule has 9 nitrogen and oxygen atoms in total. The third kappa shape index (κ3) is 4.80. The molecule has 0 saturated heterocycles. The molecular formula is C27H36N6O3S. The number of hydrogen-bond donors (Lipinski definition) is 5. The van der Waals surface area contributed by atoms with Gasteiger partial charge in [-0.1, -0.05) is 0 Å². The van der Waals surface area contributed by atoms with Crippen LogP contribution in [0.2, 0.25) is 0 Å². The smallest absolute Gasteiger partial charge is 0.225 e. The van der Waals surface area contributed by atoms with Crippen molar-refractivity contribution in [2.45, 2.75) is 95.6 Å². The zero-order valence-electron chi connectivity index (χ0n) is 21.8. The number of nitrogens with one attached hydrogen (secondary N) is 2. The van der Waals surface area contributed by atoms with Crippen molar-refractivity contribution in [1.82, 2.24) is 19.9 Å². The SMILES string of the molecule is Cc1nc(NC(C)C2CC2)nc(NC2CC(C(C)(C)O)C(O)C2O)c1-c1nc2c(C3CC3)nccc2s1. The lowest BCUT2D eigenvalue weighted by atomic mass is 9.88. The Morgan fingerprint density at radius 3 is 2.49 bits per heavy atom. The molecule has 0 aromatic carbocycles. The van der Waals surface area contributed by atoms with E-state index in [2.05, 4.69) is 22.5 Å². The molecule has 0 amide bonds. The maximum Gasteiger partial charge on any atom is 0.225 e. The van der Waals surface area contributed by atoms with Gasteiger partial charge in [-0.15, -0.1) is 11.3 Å². The summed E-state index contributed by atoms with van der Waals surface area (Å²) in [6.07, 6.45) is 4.92. The first-order valence-electron chi connectivity index (χ1n) is 13.4. The van der Waals surface area contributed by atoms with Crippen LogP contribution >= 0.6 is 11.3 Å². The van der Waals surface area contributed by atoms with Gasteiger partial charge in [0.2, 0.25) is 5.95 Å². The molecule has 0 radical (unpaired) electrons. The maximum atomic E-state index is 10.9. The first-order chi connectivity index (χ1) is 17.6. The summed E-state index contributed by atoms with van der Waals surface area (Å²) >= 11 is 1.59. The number of aryl methyl sites for hydroxylation is 1. The van der Waals surface area contributed by atoms with Gasteiger partial charge < -0.3 is 26.0 Å². The average Bonchev–Trinajstić information content (AvgIpc) is 3.75. The maximum absolute atomic E-state index is 10.9. The van der Waals surface area contributed by atoms with Gasteiger partial charge in [0.05, 0.1) is 39.4 Å². The van der Waals surface area contributed by atoms with E-state index in [0.717, 1.165) is 45.0 Å². The summed E-state index contributed by atoms with van der Waals surface area (Å²) in [7, 11) is 0. The summed E-state index contributed by atoms with van der Waals surface area (Å²) in [6.45, 7) is 7.46. The van der Waals surface area contributed by atoms with Crippen molar-refractivity contribution in [2.24, 2.45) is 11.8 Å². The van der Waals surface area contributed by atoms with E-state index < -0.39 is 29.8 Å². The lowest BCUT2D eigenvalue weighted by Gasteiger charge is -2.28. The molecule has 3 saturated carbocycles. The molecule has 3 aromatic rings. The number of pyridine rings is 1. The lowest BCUT2D eigenvalue weighted by molar-refractivity contribution is -0.0601. The number of aliphatic hydroxyl groups is 3. The molecule has 3 aliphatic carbocycles. The fourth-order valence-electron chi connectivity index (χ4n) is 5.61. The predicted molar refractivity (Wildman–Crippen MR) is 145 cm³/mol. The first kappa shape index (κ1) is 24.9. The number of nitrogens with zero attached hydrogens (tertiary/aromatic N) is 4. The summed E-state index contributed by atoms with van der Waals surface area (Å²) in [5, 5.41) is 39.9. The summed E-state index contributed by atoms with van der Waals surface area (Å²) in [5.74, 6) is 1.77. The second-order valence-corrected chi connectivity index (χ2v) is 12.7. The summed E-state index contributed by atoms with van der Waals surface area (Å²) in [4.78, 5) is 19.3. The Morgan fingerprint density at radius 2 is 1.84 bits per heavy atom. The van der Waals surface area contributed by atoms with Crippen molar-refractivity contribution in [3.05, 3.63) is 23.7 Å². The normalized spacial score (nSPS) is 27.0. The molecular weight excluding hydrogens is 488 g/mol. The van der Waals surface area contributed by atoms with Gasteiger partial charge in [0.15, 0.2) is 0 Å². The molecule has 10 heteroatoms. The Labute approximate surface area is 220 Å². The second kappa shape index (κ2) is 9.11. The second-order valence-electron chi connectivity index (χ2n) is 11.7. The van der Waals surface area contributed by atoms with Crippen LogP contribution in [0.4, 0.5) is 11.8 Å². The third-order valence-corrected chi connectivity index (χ3v) is 9.24. The fraction of sp³-hybridized carbons (Fsp3) is 0.630. The Bertz CT molecular complexity index is 1320. The number of anilines is 2. The molecule has 198 valence electrons. The molecule has 6 rings (SSSR count). The Kier molecular flexibility index (Phi) is 6.13. The minimum Gasteiger partial charge on any atom is -0.390 e. The van der Waals surface area contributed by atoms with Gasteiger partial charge >= 0.3 is 0 Å².